The minimum Gasteiger partial charge on any atom is -0.300 e. The van der Waals surface area contributed by atoms with Crippen LogP contribution in [0.4, 0.5) is 5.13 Å². The van der Waals surface area contributed by atoms with Gasteiger partial charge in [-0.15, -0.1) is 22.7 Å². The number of nitrogens with one attached hydrogen (secondary N) is 1. The fourth-order valence-electron chi connectivity index (χ4n) is 1.61. The Morgan fingerprint density at radius 3 is 2.90 bits per heavy atom. The molecular weight excluding hydrogens is 312 g/mol. The Morgan fingerprint density at radius 2 is 2.24 bits per heavy atom. The summed E-state index contributed by atoms with van der Waals surface area (Å²) < 4.78 is 2.17. The number of aryl methyl sites for hydroxylation is 1. The third-order valence-electron chi connectivity index (χ3n) is 2.51. The molecule has 0 saturated heterocycles. The number of anilines is 1. The van der Waals surface area contributed by atoms with Crippen molar-refractivity contribution in [2.24, 2.45) is 0 Å². The lowest BCUT2D eigenvalue weighted by Crippen LogP contribution is -2.29. The molecule has 8 nitrogen and oxygen atoms in total. The second-order valence-electron chi connectivity index (χ2n) is 4.12. The van der Waals surface area contributed by atoms with Gasteiger partial charge >= 0.3 is 5.69 Å². The van der Waals surface area contributed by atoms with Crippen molar-refractivity contribution in [1.82, 2.24) is 24.8 Å². The van der Waals surface area contributed by atoms with Crippen molar-refractivity contribution in [2.45, 2.75) is 13.5 Å². The van der Waals surface area contributed by atoms with Crippen LogP contribution in [-0.4, -0.2) is 30.7 Å². The smallest absolute Gasteiger partial charge is 0.300 e. The van der Waals surface area contributed by atoms with E-state index in [0.717, 1.165) is 15.1 Å². The third kappa shape index (κ3) is 2.90. The van der Waals surface area contributed by atoms with Gasteiger partial charge in [-0.05, 0) is 34.9 Å². The maximum atomic E-state index is 12.1. The van der Waals surface area contributed by atoms with Crippen molar-refractivity contribution in [3.05, 3.63) is 39.1 Å². The Bertz CT molecular complexity index is 816. The van der Waals surface area contributed by atoms with Crippen molar-refractivity contribution >= 4 is 33.7 Å². The van der Waals surface area contributed by atoms with Gasteiger partial charge in [0.05, 0.1) is 5.69 Å². The molecule has 0 aromatic carbocycles. The van der Waals surface area contributed by atoms with Gasteiger partial charge in [-0.2, -0.15) is 9.36 Å². The highest BCUT2D eigenvalue weighted by atomic mass is 32.1. The summed E-state index contributed by atoms with van der Waals surface area (Å²) in [7, 11) is 0. The van der Waals surface area contributed by atoms with Gasteiger partial charge < -0.3 is 5.32 Å². The number of aromatic nitrogens is 5. The molecule has 3 aromatic rings. The SMILES string of the molecule is Cc1csc(NC(=O)Cn2nnn(-c3cccs3)c2=O)n1. The first-order chi connectivity index (χ1) is 10.1. The van der Waals surface area contributed by atoms with Crippen LogP contribution >= 0.6 is 22.7 Å². The van der Waals surface area contributed by atoms with Crippen LogP contribution in [0.1, 0.15) is 5.69 Å². The number of hydrogen-bond acceptors (Lipinski definition) is 7. The number of amides is 1. The van der Waals surface area contributed by atoms with Gasteiger partial charge in [0.2, 0.25) is 5.91 Å². The topological polar surface area (TPSA) is 94.7 Å². The zero-order valence-electron chi connectivity index (χ0n) is 10.9. The van der Waals surface area contributed by atoms with E-state index in [0.29, 0.717) is 10.1 Å². The standard InChI is InChI=1S/C11H10N6O2S2/c1-7-6-21-10(12-7)13-8(18)5-16-11(19)17(15-14-16)9-3-2-4-20-9/h2-4,6H,5H2,1H3,(H,12,13,18). The van der Waals surface area contributed by atoms with Gasteiger partial charge in [0, 0.05) is 5.38 Å². The molecule has 0 aliphatic carbocycles. The lowest BCUT2D eigenvalue weighted by molar-refractivity contribution is -0.117. The van der Waals surface area contributed by atoms with Crippen LogP contribution in [0.25, 0.3) is 5.00 Å². The van der Waals surface area contributed by atoms with E-state index in [9.17, 15) is 9.59 Å². The van der Waals surface area contributed by atoms with Crippen molar-refractivity contribution in [3.8, 4) is 5.00 Å². The highest BCUT2D eigenvalue weighted by Crippen LogP contribution is 2.14. The first kappa shape index (κ1) is 13.6. The maximum absolute atomic E-state index is 12.1. The van der Waals surface area contributed by atoms with Crippen LogP contribution in [0, 0.1) is 6.92 Å². The molecule has 108 valence electrons. The Hall–Kier alpha value is -2.33. The van der Waals surface area contributed by atoms with Crippen LogP contribution in [0.2, 0.25) is 0 Å². The molecule has 21 heavy (non-hydrogen) atoms. The highest BCUT2D eigenvalue weighted by Gasteiger charge is 2.13. The van der Waals surface area contributed by atoms with E-state index in [-0.39, 0.29) is 12.5 Å². The van der Waals surface area contributed by atoms with Gasteiger partial charge in [0.1, 0.15) is 11.5 Å². The fraction of sp³-hybridized carbons (Fsp3) is 0.182. The van der Waals surface area contributed by atoms with E-state index in [4.69, 9.17) is 0 Å². The second kappa shape index (κ2) is 5.58. The number of tetrazole rings is 1. The van der Waals surface area contributed by atoms with E-state index in [1.807, 2.05) is 23.8 Å². The molecule has 3 heterocycles. The first-order valence-electron chi connectivity index (χ1n) is 5.92. The summed E-state index contributed by atoms with van der Waals surface area (Å²) in [6.45, 7) is 1.63. The van der Waals surface area contributed by atoms with E-state index in [1.165, 1.54) is 22.7 Å². The largest absolute Gasteiger partial charge is 0.369 e. The molecule has 0 atom stereocenters. The number of rotatable bonds is 4. The second-order valence-corrected chi connectivity index (χ2v) is 5.91. The summed E-state index contributed by atoms with van der Waals surface area (Å²) in [6.07, 6.45) is 0. The zero-order chi connectivity index (χ0) is 14.8. The van der Waals surface area contributed by atoms with Crippen LogP contribution in [0.15, 0.2) is 27.7 Å². The van der Waals surface area contributed by atoms with Crippen LogP contribution in [-0.2, 0) is 11.3 Å². The van der Waals surface area contributed by atoms with E-state index < -0.39 is 5.69 Å². The molecule has 0 spiro atoms. The zero-order valence-corrected chi connectivity index (χ0v) is 12.5. The lowest BCUT2D eigenvalue weighted by atomic mass is 10.6. The summed E-state index contributed by atoms with van der Waals surface area (Å²) in [5, 5.41) is 14.9. The van der Waals surface area contributed by atoms with E-state index in [1.54, 1.807) is 6.07 Å². The number of hydrogen-bond donors (Lipinski definition) is 1. The molecule has 0 radical (unpaired) electrons. The summed E-state index contributed by atoms with van der Waals surface area (Å²) in [5.74, 6) is -0.371. The van der Waals surface area contributed by atoms with Crippen molar-refractivity contribution in [2.75, 3.05) is 5.32 Å². The summed E-state index contributed by atoms with van der Waals surface area (Å²) >= 11 is 2.69. The molecule has 3 aromatic heterocycles. The monoisotopic (exact) mass is 322 g/mol. The molecule has 10 heteroatoms. The van der Waals surface area contributed by atoms with Gasteiger partial charge in [0.25, 0.3) is 0 Å². The highest BCUT2D eigenvalue weighted by molar-refractivity contribution is 7.14. The summed E-state index contributed by atoms with van der Waals surface area (Å²) in [6, 6.07) is 3.56. The molecule has 1 amide bonds. The molecule has 0 aliphatic rings. The van der Waals surface area contributed by atoms with Crippen LogP contribution < -0.4 is 11.0 Å². The van der Waals surface area contributed by atoms with E-state index >= 15 is 0 Å². The minimum absolute atomic E-state index is 0.206. The van der Waals surface area contributed by atoms with Gasteiger partial charge in [-0.25, -0.2) is 9.78 Å². The van der Waals surface area contributed by atoms with Crippen LogP contribution in [0.3, 0.4) is 0 Å². The van der Waals surface area contributed by atoms with Gasteiger partial charge in [-0.1, -0.05) is 0 Å². The van der Waals surface area contributed by atoms with Gasteiger partial charge in [0.15, 0.2) is 5.13 Å². The van der Waals surface area contributed by atoms with Crippen molar-refractivity contribution < 1.29 is 4.79 Å². The first-order valence-corrected chi connectivity index (χ1v) is 7.68. The molecule has 0 unspecified atom stereocenters. The average molecular weight is 322 g/mol. The van der Waals surface area contributed by atoms with Crippen molar-refractivity contribution in [1.29, 1.82) is 0 Å². The van der Waals surface area contributed by atoms with Crippen molar-refractivity contribution in [3.63, 3.8) is 0 Å². The maximum Gasteiger partial charge on any atom is 0.369 e. The molecule has 1 N–H and O–H groups in total. The number of thiazole rings is 1. The minimum atomic E-state index is -0.456. The van der Waals surface area contributed by atoms with Gasteiger partial charge in [-0.3, -0.25) is 4.79 Å². The normalized spacial score (nSPS) is 10.7. The molecule has 0 bridgehead atoms. The number of carbonyl (C=O) groups is 1. The van der Waals surface area contributed by atoms with Crippen LogP contribution in [0.5, 0.6) is 0 Å². The molecule has 0 fully saturated rings. The van der Waals surface area contributed by atoms with E-state index in [2.05, 4.69) is 20.7 Å². The average Bonchev–Trinajstić information content (AvgIpc) is 3.14. The predicted molar refractivity (Wildman–Crippen MR) is 79.0 cm³/mol. The number of nitrogens with zero attached hydrogens (tertiary/aromatic N) is 5. The Kier molecular flexibility index (Phi) is 3.62. The Morgan fingerprint density at radius 1 is 1.38 bits per heavy atom. The molecule has 3 rings (SSSR count). The third-order valence-corrected chi connectivity index (χ3v) is 4.23. The Balaban J connectivity index is 1.74. The summed E-state index contributed by atoms with van der Waals surface area (Å²) in [5.41, 5.74) is 0.374. The molecular formula is C11H10N6O2S2. The fourth-order valence-corrected chi connectivity index (χ4v) is 2.98. The number of carbonyl (C=O) groups excluding carboxylic acids is 1. The quantitative estimate of drug-likeness (QED) is 0.770. The molecule has 0 aliphatic heterocycles. The number of thiophene rings is 1. The summed E-state index contributed by atoms with van der Waals surface area (Å²) in [4.78, 5) is 28.1. The molecule has 0 saturated carbocycles. The lowest BCUT2D eigenvalue weighted by Gasteiger charge is -1.99. The predicted octanol–water partition coefficient (Wildman–Crippen LogP) is 0.894. The Labute approximate surface area is 126 Å².